The van der Waals surface area contributed by atoms with Crippen molar-refractivity contribution < 1.29 is 0 Å². The van der Waals surface area contributed by atoms with Gasteiger partial charge in [-0.2, -0.15) is 0 Å². The summed E-state index contributed by atoms with van der Waals surface area (Å²) in [6, 6.07) is 0. The first-order valence-corrected chi connectivity index (χ1v) is 8.19. The van der Waals surface area contributed by atoms with Gasteiger partial charge in [-0.05, 0) is 31.2 Å². The lowest BCUT2D eigenvalue weighted by molar-refractivity contribution is 0.700. The third-order valence-corrected chi connectivity index (χ3v) is 5.38. The molecule has 1 aliphatic rings. The summed E-state index contributed by atoms with van der Waals surface area (Å²) in [7, 11) is 0. The average Bonchev–Trinajstić information content (AvgIpc) is 2.74. The van der Waals surface area contributed by atoms with Crippen LogP contribution in [-0.4, -0.2) is 15.7 Å². The fourth-order valence-electron chi connectivity index (χ4n) is 2.29. The Morgan fingerprint density at radius 2 is 2.17 bits per heavy atom. The predicted octanol–water partition coefficient (Wildman–Crippen LogP) is 4.50. The van der Waals surface area contributed by atoms with Crippen molar-refractivity contribution in [3.8, 4) is 0 Å². The Hall–Kier alpha value is -0.580. The first-order chi connectivity index (χ1) is 8.79. The molecule has 2 heterocycles. The van der Waals surface area contributed by atoms with E-state index in [1.807, 2.05) is 6.08 Å². The van der Waals surface area contributed by atoms with E-state index in [1.165, 1.54) is 29.7 Å². The number of hydrogen-bond acceptors (Lipinski definition) is 4. The van der Waals surface area contributed by atoms with Crippen LogP contribution < -0.4 is 0 Å². The molecule has 0 fully saturated rings. The normalized spacial score (nSPS) is 14.7. The van der Waals surface area contributed by atoms with Crippen LogP contribution in [0.3, 0.4) is 0 Å². The summed E-state index contributed by atoms with van der Waals surface area (Å²) in [6.07, 6.45) is 6.68. The molecule has 2 aromatic heterocycles. The van der Waals surface area contributed by atoms with E-state index >= 15 is 0 Å². The zero-order valence-electron chi connectivity index (χ0n) is 9.91. The molecular formula is C13H13ClN2S2. The maximum Gasteiger partial charge on any atom is 0.190 e. The van der Waals surface area contributed by atoms with Crippen molar-refractivity contribution in [2.45, 2.75) is 30.8 Å². The molecule has 0 amide bonds. The van der Waals surface area contributed by atoms with Gasteiger partial charge < -0.3 is 0 Å². The van der Waals surface area contributed by atoms with Crippen molar-refractivity contribution in [3.05, 3.63) is 28.2 Å². The van der Waals surface area contributed by atoms with Crippen LogP contribution in [0.1, 0.15) is 23.3 Å². The van der Waals surface area contributed by atoms with E-state index in [1.54, 1.807) is 23.1 Å². The van der Waals surface area contributed by atoms with Gasteiger partial charge >= 0.3 is 0 Å². The quantitative estimate of drug-likeness (QED) is 0.361. The highest BCUT2D eigenvalue weighted by Crippen LogP contribution is 2.39. The average molecular weight is 297 g/mol. The van der Waals surface area contributed by atoms with E-state index in [-0.39, 0.29) is 0 Å². The van der Waals surface area contributed by atoms with E-state index in [2.05, 4.69) is 16.5 Å². The van der Waals surface area contributed by atoms with Crippen LogP contribution in [-0.2, 0) is 12.8 Å². The van der Waals surface area contributed by atoms with E-state index < -0.39 is 0 Å². The monoisotopic (exact) mass is 296 g/mol. The van der Waals surface area contributed by atoms with Gasteiger partial charge in [0.25, 0.3) is 0 Å². The molecule has 0 saturated carbocycles. The highest BCUT2D eigenvalue weighted by Gasteiger charge is 2.20. The number of aryl methyl sites for hydroxylation is 2. The Balaban J connectivity index is 2.11. The van der Waals surface area contributed by atoms with Gasteiger partial charge in [0.05, 0.1) is 5.39 Å². The van der Waals surface area contributed by atoms with Gasteiger partial charge in [-0.25, -0.2) is 9.97 Å². The summed E-state index contributed by atoms with van der Waals surface area (Å²) in [4.78, 5) is 11.5. The van der Waals surface area contributed by atoms with Crippen LogP contribution in [0.4, 0.5) is 0 Å². The lowest BCUT2D eigenvalue weighted by Crippen LogP contribution is -1.98. The molecule has 2 aromatic rings. The molecule has 0 unspecified atom stereocenters. The van der Waals surface area contributed by atoms with Crippen LogP contribution in [0.2, 0.25) is 5.15 Å². The number of hydrogen-bond donors (Lipinski definition) is 0. The maximum atomic E-state index is 6.34. The standard InChI is InChI=1S/C13H13ClN2S2/c1-2-7-17-13-15-11(14)10-8-5-3-4-6-9(8)18-12(10)16-13/h2H,1,3-7H2. The first kappa shape index (κ1) is 12.5. The number of nitrogens with zero attached hydrogens (tertiary/aromatic N) is 2. The summed E-state index contributed by atoms with van der Waals surface area (Å²) < 4.78 is 0. The second-order valence-corrected chi connectivity index (χ2v) is 6.72. The topological polar surface area (TPSA) is 25.8 Å². The lowest BCUT2D eigenvalue weighted by atomic mass is 9.97. The smallest absolute Gasteiger partial charge is 0.190 e. The van der Waals surface area contributed by atoms with Gasteiger partial charge in [-0.3, -0.25) is 0 Å². The van der Waals surface area contributed by atoms with Gasteiger partial charge in [0, 0.05) is 10.6 Å². The highest BCUT2D eigenvalue weighted by atomic mass is 35.5. The Bertz CT molecular complexity index is 607. The second kappa shape index (κ2) is 5.19. The number of thioether (sulfide) groups is 1. The minimum absolute atomic E-state index is 0.617. The van der Waals surface area contributed by atoms with Crippen LogP contribution in [0.15, 0.2) is 17.8 Å². The molecule has 0 atom stereocenters. The van der Waals surface area contributed by atoms with Crippen LogP contribution in [0.25, 0.3) is 10.2 Å². The van der Waals surface area contributed by atoms with Crippen LogP contribution in [0.5, 0.6) is 0 Å². The van der Waals surface area contributed by atoms with Crippen molar-refractivity contribution in [1.82, 2.24) is 9.97 Å². The van der Waals surface area contributed by atoms with Gasteiger partial charge in [0.1, 0.15) is 9.98 Å². The molecule has 0 aliphatic heterocycles. The molecule has 2 nitrogen and oxygen atoms in total. The molecule has 0 spiro atoms. The van der Waals surface area contributed by atoms with E-state index in [9.17, 15) is 0 Å². The molecule has 18 heavy (non-hydrogen) atoms. The van der Waals surface area contributed by atoms with Gasteiger partial charge in [-0.15, -0.1) is 17.9 Å². The Morgan fingerprint density at radius 3 is 3.00 bits per heavy atom. The second-order valence-electron chi connectivity index (χ2n) is 4.29. The predicted molar refractivity (Wildman–Crippen MR) is 80.0 cm³/mol. The fourth-order valence-corrected chi connectivity index (χ4v) is 4.58. The van der Waals surface area contributed by atoms with Crippen molar-refractivity contribution in [2.24, 2.45) is 0 Å². The molecule has 0 bridgehead atoms. The molecular weight excluding hydrogens is 284 g/mol. The molecule has 5 heteroatoms. The van der Waals surface area contributed by atoms with Crippen molar-refractivity contribution in [1.29, 1.82) is 0 Å². The van der Waals surface area contributed by atoms with E-state index in [4.69, 9.17) is 11.6 Å². The minimum atomic E-state index is 0.617. The molecule has 0 N–H and O–H groups in total. The number of fused-ring (bicyclic) bond motifs is 3. The molecule has 0 radical (unpaired) electrons. The minimum Gasteiger partial charge on any atom is -0.211 e. The SMILES string of the molecule is C=CCSc1nc(Cl)c2c3c(sc2n1)CCCC3. The van der Waals surface area contributed by atoms with Crippen molar-refractivity contribution >= 4 is 44.9 Å². The fraction of sp³-hybridized carbons (Fsp3) is 0.385. The molecule has 0 saturated heterocycles. The molecule has 0 aromatic carbocycles. The van der Waals surface area contributed by atoms with Crippen molar-refractivity contribution in [3.63, 3.8) is 0 Å². The van der Waals surface area contributed by atoms with Crippen LogP contribution >= 0.6 is 34.7 Å². The molecule has 94 valence electrons. The van der Waals surface area contributed by atoms with Crippen molar-refractivity contribution in [2.75, 3.05) is 5.75 Å². The van der Waals surface area contributed by atoms with E-state index in [0.717, 1.165) is 27.5 Å². The highest BCUT2D eigenvalue weighted by molar-refractivity contribution is 7.99. The summed E-state index contributed by atoms with van der Waals surface area (Å²) in [5.74, 6) is 0.812. The summed E-state index contributed by atoms with van der Waals surface area (Å²) in [5, 5.41) is 2.47. The van der Waals surface area contributed by atoms with Gasteiger partial charge in [-0.1, -0.05) is 29.4 Å². The largest absolute Gasteiger partial charge is 0.211 e. The Morgan fingerprint density at radius 1 is 1.33 bits per heavy atom. The zero-order valence-corrected chi connectivity index (χ0v) is 12.3. The number of thiophene rings is 1. The Labute approximate surface area is 119 Å². The molecule has 1 aliphatic carbocycles. The third-order valence-electron chi connectivity index (χ3n) is 3.08. The molecule has 3 rings (SSSR count). The van der Waals surface area contributed by atoms with E-state index in [0.29, 0.717) is 5.15 Å². The maximum absolute atomic E-state index is 6.34. The zero-order chi connectivity index (χ0) is 12.5. The third kappa shape index (κ3) is 2.17. The van der Waals surface area contributed by atoms with Gasteiger partial charge in [0.2, 0.25) is 0 Å². The number of rotatable bonds is 3. The summed E-state index contributed by atoms with van der Waals surface area (Å²) in [5.41, 5.74) is 1.39. The Kier molecular flexibility index (Phi) is 3.59. The first-order valence-electron chi connectivity index (χ1n) is 6.01. The summed E-state index contributed by atoms with van der Waals surface area (Å²) >= 11 is 9.70. The number of halogens is 1. The lowest BCUT2D eigenvalue weighted by Gasteiger charge is -2.10. The number of aromatic nitrogens is 2. The van der Waals surface area contributed by atoms with Crippen LogP contribution in [0, 0.1) is 0 Å². The summed E-state index contributed by atoms with van der Waals surface area (Å²) in [6.45, 7) is 3.71. The van der Waals surface area contributed by atoms with Gasteiger partial charge in [0.15, 0.2) is 5.16 Å².